The van der Waals surface area contributed by atoms with Gasteiger partial charge in [-0.15, -0.1) is 0 Å². The topological polar surface area (TPSA) is 76.1 Å². The smallest absolute Gasteiger partial charge is 0.421 e. The molecule has 2 aromatic heterocycles. The van der Waals surface area contributed by atoms with Crippen molar-refractivity contribution >= 4 is 23.3 Å². The van der Waals surface area contributed by atoms with Crippen LogP contribution in [-0.4, -0.2) is 29.0 Å². The Labute approximate surface area is 152 Å². The lowest BCUT2D eigenvalue weighted by Gasteiger charge is -2.15. The highest BCUT2D eigenvalue weighted by molar-refractivity contribution is 6.30. The van der Waals surface area contributed by atoms with Crippen molar-refractivity contribution < 1.29 is 22.7 Å². The van der Waals surface area contributed by atoms with E-state index in [9.17, 15) is 18.0 Å². The van der Waals surface area contributed by atoms with Crippen molar-refractivity contribution in [2.75, 3.05) is 18.4 Å². The molecule has 0 spiro atoms. The summed E-state index contributed by atoms with van der Waals surface area (Å²) in [6.07, 6.45) is -2.60. The molecule has 0 aromatic carbocycles. The van der Waals surface area contributed by atoms with Gasteiger partial charge < -0.3 is 15.4 Å². The zero-order valence-corrected chi connectivity index (χ0v) is 14.5. The highest BCUT2D eigenvalue weighted by atomic mass is 35.5. The van der Waals surface area contributed by atoms with Gasteiger partial charge in [0.05, 0.1) is 17.3 Å². The molecule has 140 valence electrons. The van der Waals surface area contributed by atoms with Gasteiger partial charge in [0, 0.05) is 25.0 Å². The summed E-state index contributed by atoms with van der Waals surface area (Å²) in [4.78, 5) is 19.1. The van der Waals surface area contributed by atoms with Gasteiger partial charge in [0.2, 0.25) is 5.91 Å². The molecule has 2 heterocycles. The van der Waals surface area contributed by atoms with Crippen LogP contribution >= 0.6 is 11.6 Å². The number of pyridine rings is 2. The molecular formula is C16H16ClF3N4O2. The molecule has 6 nitrogen and oxygen atoms in total. The number of anilines is 1. The molecule has 0 saturated heterocycles. The van der Waals surface area contributed by atoms with Crippen LogP contribution in [0.1, 0.15) is 18.2 Å². The molecule has 2 N–H and O–H groups in total. The molecule has 0 aliphatic rings. The highest BCUT2D eigenvalue weighted by Crippen LogP contribution is 2.37. The molecule has 1 amide bonds. The molecule has 0 aliphatic carbocycles. The van der Waals surface area contributed by atoms with Crippen LogP contribution in [0.4, 0.5) is 19.0 Å². The summed E-state index contributed by atoms with van der Waals surface area (Å²) in [7, 11) is 0. The van der Waals surface area contributed by atoms with Crippen LogP contribution in [0.5, 0.6) is 5.75 Å². The number of carbonyl (C=O) groups excluding carboxylic acids is 1. The lowest BCUT2D eigenvalue weighted by Crippen LogP contribution is -2.29. The van der Waals surface area contributed by atoms with Crippen LogP contribution in [0.2, 0.25) is 5.02 Å². The maximum Gasteiger partial charge on any atom is 0.421 e. The SMILES string of the molecule is CCNC(=O)CNc1cc(OCc2ccc(Cl)cn2)c(C(F)(F)F)cn1. The Hall–Kier alpha value is -2.55. The van der Waals surface area contributed by atoms with Crippen molar-refractivity contribution in [3.8, 4) is 5.75 Å². The maximum atomic E-state index is 13.1. The van der Waals surface area contributed by atoms with E-state index in [0.717, 1.165) is 6.07 Å². The van der Waals surface area contributed by atoms with Crippen LogP contribution in [-0.2, 0) is 17.6 Å². The number of alkyl halides is 3. The van der Waals surface area contributed by atoms with E-state index in [-0.39, 0.29) is 24.9 Å². The third kappa shape index (κ3) is 5.76. The number of hydrogen-bond acceptors (Lipinski definition) is 5. The van der Waals surface area contributed by atoms with Gasteiger partial charge in [0.25, 0.3) is 0 Å². The van der Waals surface area contributed by atoms with Crippen molar-refractivity contribution in [1.29, 1.82) is 0 Å². The van der Waals surface area contributed by atoms with Gasteiger partial charge in [-0.1, -0.05) is 11.6 Å². The van der Waals surface area contributed by atoms with E-state index in [1.54, 1.807) is 19.1 Å². The number of carbonyl (C=O) groups is 1. The standard InChI is InChI=1S/C16H16ClF3N4O2/c1-2-21-15(25)8-24-14-5-13(12(7-23-14)16(18,19)20)26-9-11-4-3-10(17)6-22-11/h3-7H,2,8-9H2,1H3,(H,21,25)(H,23,24). The van der Waals surface area contributed by atoms with E-state index in [4.69, 9.17) is 16.3 Å². The summed E-state index contributed by atoms with van der Waals surface area (Å²) in [6, 6.07) is 4.20. The average Bonchev–Trinajstić information content (AvgIpc) is 2.59. The average molecular weight is 389 g/mol. The van der Waals surface area contributed by atoms with Gasteiger partial charge in [-0.3, -0.25) is 9.78 Å². The van der Waals surface area contributed by atoms with Gasteiger partial charge in [-0.25, -0.2) is 4.98 Å². The molecule has 0 aliphatic heterocycles. The second-order valence-electron chi connectivity index (χ2n) is 5.13. The zero-order chi connectivity index (χ0) is 19.2. The molecule has 10 heteroatoms. The first-order valence-electron chi connectivity index (χ1n) is 7.60. The molecule has 2 rings (SSSR count). The fourth-order valence-electron chi connectivity index (χ4n) is 1.94. The van der Waals surface area contributed by atoms with Gasteiger partial charge in [-0.05, 0) is 19.1 Å². The first-order valence-corrected chi connectivity index (χ1v) is 7.98. The number of nitrogens with one attached hydrogen (secondary N) is 2. The maximum absolute atomic E-state index is 13.1. The van der Waals surface area contributed by atoms with E-state index in [1.165, 1.54) is 6.20 Å². The van der Waals surface area contributed by atoms with E-state index < -0.39 is 17.5 Å². The predicted molar refractivity (Wildman–Crippen MR) is 90.0 cm³/mol. The number of rotatable bonds is 7. The number of ether oxygens (including phenoxy) is 1. The van der Waals surface area contributed by atoms with Crippen molar-refractivity contribution in [1.82, 2.24) is 15.3 Å². The molecule has 0 bridgehead atoms. The summed E-state index contributed by atoms with van der Waals surface area (Å²) < 4.78 is 44.7. The number of nitrogens with zero attached hydrogens (tertiary/aromatic N) is 2. The normalized spacial score (nSPS) is 11.1. The second kappa shape index (κ2) is 8.70. The Morgan fingerprint density at radius 3 is 2.65 bits per heavy atom. The first kappa shape index (κ1) is 19.8. The minimum atomic E-state index is -4.63. The van der Waals surface area contributed by atoms with E-state index in [1.807, 2.05) is 0 Å². The second-order valence-corrected chi connectivity index (χ2v) is 5.56. The minimum Gasteiger partial charge on any atom is -0.486 e. The number of likely N-dealkylation sites (N-methyl/N-ethyl adjacent to an activating group) is 1. The summed E-state index contributed by atoms with van der Waals surface area (Å²) in [5, 5.41) is 5.62. The van der Waals surface area contributed by atoms with Crippen molar-refractivity contribution in [2.24, 2.45) is 0 Å². The molecular weight excluding hydrogens is 373 g/mol. The number of aromatic nitrogens is 2. The van der Waals surface area contributed by atoms with Crippen LogP contribution in [0.3, 0.4) is 0 Å². The van der Waals surface area contributed by atoms with Gasteiger partial charge in [0.15, 0.2) is 0 Å². The van der Waals surface area contributed by atoms with Crippen LogP contribution in [0, 0.1) is 0 Å². The number of halogens is 4. The lowest BCUT2D eigenvalue weighted by atomic mass is 10.2. The predicted octanol–water partition coefficient (Wildman–Crippen LogP) is 3.28. The van der Waals surface area contributed by atoms with Crippen molar-refractivity contribution in [3.63, 3.8) is 0 Å². The van der Waals surface area contributed by atoms with E-state index >= 15 is 0 Å². The Kier molecular flexibility index (Phi) is 6.62. The third-order valence-corrected chi connectivity index (χ3v) is 3.36. The quantitative estimate of drug-likeness (QED) is 0.761. The number of hydrogen-bond donors (Lipinski definition) is 2. The zero-order valence-electron chi connectivity index (χ0n) is 13.7. The highest BCUT2D eigenvalue weighted by Gasteiger charge is 2.35. The summed E-state index contributed by atoms with van der Waals surface area (Å²) in [6.45, 7) is 1.90. The van der Waals surface area contributed by atoms with Gasteiger partial charge >= 0.3 is 6.18 Å². The molecule has 2 aromatic rings. The lowest BCUT2D eigenvalue weighted by molar-refractivity contribution is -0.139. The molecule has 0 radical (unpaired) electrons. The van der Waals surface area contributed by atoms with E-state index in [2.05, 4.69) is 20.6 Å². The Bertz CT molecular complexity index is 754. The van der Waals surface area contributed by atoms with Crippen LogP contribution in [0.25, 0.3) is 0 Å². The van der Waals surface area contributed by atoms with E-state index in [0.29, 0.717) is 23.5 Å². The molecule has 0 saturated carbocycles. The third-order valence-electron chi connectivity index (χ3n) is 3.14. The summed E-state index contributed by atoms with van der Waals surface area (Å²) >= 11 is 5.72. The molecule has 26 heavy (non-hydrogen) atoms. The van der Waals surface area contributed by atoms with Gasteiger partial charge in [-0.2, -0.15) is 13.2 Å². The summed E-state index contributed by atoms with van der Waals surface area (Å²) in [5.41, 5.74) is -0.605. The van der Waals surface area contributed by atoms with Crippen molar-refractivity contribution in [2.45, 2.75) is 19.7 Å². The fraction of sp³-hybridized carbons (Fsp3) is 0.312. The largest absolute Gasteiger partial charge is 0.486 e. The Morgan fingerprint density at radius 1 is 1.27 bits per heavy atom. The Balaban J connectivity index is 2.15. The monoisotopic (exact) mass is 388 g/mol. The fourth-order valence-corrected chi connectivity index (χ4v) is 2.05. The van der Waals surface area contributed by atoms with Crippen LogP contribution in [0.15, 0.2) is 30.6 Å². The summed E-state index contributed by atoms with van der Waals surface area (Å²) in [5.74, 6) is -0.631. The molecule has 0 unspecified atom stereocenters. The minimum absolute atomic E-state index is 0.0864. The Morgan fingerprint density at radius 2 is 2.04 bits per heavy atom. The van der Waals surface area contributed by atoms with Crippen molar-refractivity contribution in [3.05, 3.63) is 46.9 Å². The molecule has 0 atom stereocenters. The number of amides is 1. The molecule has 0 fully saturated rings. The van der Waals surface area contributed by atoms with Gasteiger partial charge in [0.1, 0.15) is 23.7 Å². The first-order chi connectivity index (χ1) is 12.3. The van der Waals surface area contributed by atoms with Crippen LogP contribution < -0.4 is 15.4 Å².